The molecule has 1 amide bonds. The highest BCUT2D eigenvalue weighted by molar-refractivity contribution is 7.99. The average molecular weight is 440 g/mol. The number of aromatic nitrogens is 2. The molecule has 0 saturated carbocycles. The van der Waals surface area contributed by atoms with Crippen molar-refractivity contribution in [1.29, 1.82) is 0 Å². The summed E-state index contributed by atoms with van der Waals surface area (Å²) < 4.78 is 5.70. The smallest absolute Gasteiger partial charge is 0.258 e. The van der Waals surface area contributed by atoms with Gasteiger partial charge in [-0.05, 0) is 54.9 Å². The highest BCUT2D eigenvalue weighted by atomic mass is 32.2. The first-order chi connectivity index (χ1) is 14.8. The van der Waals surface area contributed by atoms with E-state index in [1.54, 1.807) is 11.8 Å². The van der Waals surface area contributed by atoms with E-state index in [0.717, 1.165) is 41.9 Å². The molecule has 2 heterocycles. The topological polar surface area (TPSA) is 68.0 Å². The van der Waals surface area contributed by atoms with Crippen LogP contribution in [-0.2, 0) is 4.79 Å². The van der Waals surface area contributed by atoms with Crippen LogP contribution in [-0.4, -0.2) is 21.6 Å². The van der Waals surface area contributed by atoms with Crippen LogP contribution in [0.3, 0.4) is 0 Å². The Balaban J connectivity index is 1.43. The minimum Gasteiger partial charge on any atom is -0.412 e. The molecule has 0 radical (unpaired) electrons. The van der Waals surface area contributed by atoms with Gasteiger partial charge in [0.2, 0.25) is 11.6 Å². The number of rotatable bonds is 10. The van der Waals surface area contributed by atoms with Crippen LogP contribution in [0.4, 0.5) is 5.69 Å². The molecule has 0 aliphatic carbocycles. The first-order valence-corrected chi connectivity index (χ1v) is 12.1. The van der Waals surface area contributed by atoms with E-state index in [-0.39, 0.29) is 5.91 Å². The summed E-state index contributed by atoms with van der Waals surface area (Å²) in [4.78, 5) is 21.4. The molecule has 31 heavy (non-hydrogen) atoms. The number of aryl methyl sites for hydroxylation is 1. The maximum absolute atomic E-state index is 12.6. The van der Waals surface area contributed by atoms with Gasteiger partial charge in [0.25, 0.3) is 5.22 Å². The fourth-order valence-electron chi connectivity index (χ4n) is 3.57. The third-order valence-electron chi connectivity index (χ3n) is 5.29. The molecule has 2 aromatic heterocycles. The van der Waals surface area contributed by atoms with Crippen molar-refractivity contribution < 1.29 is 9.21 Å². The minimum absolute atomic E-state index is 0.100. The number of fused-ring (bicyclic) bond motifs is 1. The molecule has 6 heteroatoms. The molecular formula is C25H33N3O2S. The Morgan fingerprint density at radius 2 is 1.71 bits per heavy atom. The lowest BCUT2D eigenvalue weighted by molar-refractivity contribution is -0.116. The van der Waals surface area contributed by atoms with Gasteiger partial charge in [-0.3, -0.25) is 4.79 Å². The molecule has 1 N–H and O–H groups in total. The standard InChI is InChI=1S/C25H33N3O2S/c1-16(2)19-10-9-11-20(17(3)4)23(19)28-22(29)12-7-6-8-15-31-25-27-21-14-13-18(5)26-24(21)30-25/h9-11,13-14,16-17H,6-8,12,15H2,1-5H3,(H,28,29). The number of nitrogens with zero attached hydrogens (tertiary/aromatic N) is 2. The van der Waals surface area contributed by atoms with Gasteiger partial charge in [0, 0.05) is 23.6 Å². The van der Waals surface area contributed by atoms with E-state index in [0.29, 0.717) is 29.2 Å². The van der Waals surface area contributed by atoms with Crippen LogP contribution in [0.5, 0.6) is 0 Å². The highest BCUT2D eigenvalue weighted by Crippen LogP contribution is 2.32. The highest BCUT2D eigenvalue weighted by Gasteiger charge is 2.15. The third-order valence-corrected chi connectivity index (χ3v) is 6.20. The largest absolute Gasteiger partial charge is 0.412 e. The van der Waals surface area contributed by atoms with E-state index >= 15 is 0 Å². The fourth-order valence-corrected chi connectivity index (χ4v) is 4.40. The number of benzene rings is 1. The summed E-state index contributed by atoms with van der Waals surface area (Å²) in [5, 5.41) is 3.87. The zero-order chi connectivity index (χ0) is 22.4. The molecule has 3 rings (SSSR count). The van der Waals surface area contributed by atoms with Crippen molar-refractivity contribution in [2.24, 2.45) is 0 Å². The lowest BCUT2D eigenvalue weighted by Gasteiger charge is -2.20. The van der Waals surface area contributed by atoms with Crippen molar-refractivity contribution in [3.05, 3.63) is 47.2 Å². The lowest BCUT2D eigenvalue weighted by atomic mass is 9.92. The van der Waals surface area contributed by atoms with E-state index in [1.807, 2.05) is 19.1 Å². The number of carbonyl (C=O) groups is 1. The van der Waals surface area contributed by atoms with Gasteiger partial charge in [-0.1, -0.05) is 64.1 Å². The normalized spacial score (nSPS) is 11.6. The van der Waals surface area contributed by atoms with Gasteiger partial charge >= 0.3 is 0 Å². The van der Waals surface area contributed by atoms with Crippen LogP contribution >= 0.6 is 11.8 Å². The number of oxazole rings is 1. The average Bonchev–Trinajstić information content (AvgIpc) is 3.12. The number of amides is 1. The summed E-state index contributed by atoms with van der Waals surface area (Å²) in [6.45, 7) is 10.6. The van der Waals surface area contributed by atoms with Crippen LogP contribution in [0.2, 0.25) is 0 Å². The van der Waals surface area contributed by atoms with Gasteiger partial charge in [0.05, 0.1) is 0 Å². The summed E-state index contributed by atoms with van der Waals surface area (Å²) in [5.41, 5.74) is 5.75. The molecule has 3 aromatic rings. The zero-order valence-corrected chi connectivity index (χ0v) is 20.0. The summed E-state index contributed by atoms with van der Waals surface area (Å²) in [6, 6.07) is 10.2. The Morgan fingerprint density at radius 3 is 2.39 bits per heavy atom. The third kappa shape index (κ3) is 6.33. The number of nitrogens with one attached hydrogen (secondary N) is 1. The summed E-state index contributed by atoms with van der Waals surface area (Å²) in [5.74, 6) is 1.76. The van der Waals surface area contributed by atoms with Gasteiger partial charge in [-0.25, -0.2) is 9.97 Å². The number of hydrogen-bond acceptors (Lipinski definition) is 5. The number of hydrogen-bond donors (Lipinski definition) is 1. The molecule has 0 bridgehead atoms. The quantitative estimate of drug-likeness (QED) is 0.270. The number of para-hydroxylation sites is 1. The maximum atomic E-state index is 12.6. The number of anilines is 1. The molecular weight excluding hydrogens is 406 g/mol. The van der Waals surface area contributed by atoms with Gasteiger partial charge in [-0.2, -0.15) is 0 Å². The van der Waals surface area contributed by atoms with Crippen molar-refractivity contribution in [2.75, 3.05) is 11.1 Å². The molecule has 0 aliphatic heterocycles. The van der Waals surface area contributed by atoms with Gasteiger partial charge in [0.1, 0.15) is 5.52 Å². The Morgan fingerprint density at radius 1 is 1.00 bits per heavy atom. The maximum Gasteiger partial charge on any atom is 0.258 e. The zero-order valence-electron chi connectivity index (χ0n) is 19.2. The number of thioether (sulfide) groups is 1. The van der Waals surface area contributed by atoms with Crippen LogP contribution in [0.15, 0.2) is 40.0 Å². The first-order valence-electron chi connectivity index (χ1n) is 11.1. The van der Waals surface area contributed by atoms with Crippen LogP contribution in [0.1, 0.15) is 82.0 Å². The monoisotopic (exact) mass is 439 g/mol. The van der Waals surface area contributed by atoms with E-state index in [9.17, 15) is 4.79 Å². The van der Waals surface area contributed by atoms with Crippen molar-refractivity contribution in [1.82, 2.24) is 9.97 Å². The Labute approximate surface area is 189 Å². The van der Waals surface area contributed by atoms with Crippen LogP contribution in [0, 0.1) is 6.92 Å². The number of carbonyl (C=O) groups excluding carboxylic acids is 1. The number of pyridine rings is 1. The van der Waals surface area contributed by atoms with Gasteiger partial charge in [-0.15, -0.1) is 0 Å². The molecule has 5 nitrogen and oxygen atoms in total. The van der Waals surface area contributed by atoms with Crippen LogP contribution < -0.4 is 5.32 Å². The predicted octanol–water partition coefficient (Wildman–Crippen LogP) is 7.07. The molecule has 0 saturated heterocycles. The van der Waals surface area contributed by atoms with E-state index in [2.05, 4.69) is 61.2 Å². The van der Waals surface area contributed by atoms with Gasteiger partial charge < -0.3 is 9.73 Å². The molecule has 0 aliphatic rings. The second kappa shape index (κ2) is 10.8. The van der Waals surface area contributed by atoms with E-state index < -0.39 is 0 Å². The van der Waals surface area contributed by atoms with Crippen molar-refractivity contribution in [3.8, 4) is 0 Å². The second-order valence-corrected chi connectivity index (χ2v) is 9.63. The Hall–Kier alpha value is -2.34. The van der Waals surface area contributed by atoms with Crippen molar-refractivity contribution >= 4 is 34.6 Å². The minimum atomic E-state index is 0.100. The Bertz CT molecular complexity index is 1000. The fraction of sp³-hybridized carbons (Fsp3) is 0.480. The molecule has 166 valence electrons. The summed E-state index contributed by atoms with van der Waals surface area (Å²) in [7, 11) is 0. The molecule has 0 spiro atoms. The predicted molar refractivity (Wildman–Crippen MR) is 129 cm³/mol. The molecule has 0 unspecified atom stereocenters. The molecule has 0 atom stereocenters. The Kier molecular flexibility index (Phi) is 8.13. The first kappa shape index (κ1) is 23.3. The lowest BCUT2D eigenvalue weighted by Crippen LogP contribution is -2.15. The van der Waals surface area contributed by atoms with Crippen molar-refractivity contribution in [2.45, 2.75) is 77.4 Å². The van der Waals surface area contributed by atoms with Gasteiger partial charge in [0.15, 0.2) is 0 Å². The number of unbranched alkanes of at least 4 members (excludes halogenated alkanes) is 2. The molecule has 0 fully saturated rings. The van der Waals surface area contributed by atoms with E-state index in [4.69, 9.17) is 4.42 Å². The summed E-state index contributed by atoms with van der Waals surface area (Å²) >= 11 is 1.61. The van der Waals surface area contributed by atoms with E-state index in [1.165, 1.54) is 11.1 Å². The second-order valence-electron chi connectivity index (χ2n) is 8.58. The molecule has 1 aromatic carbocycles. The SMILES string of the molecule is Cc1ccc2nc(SCCCCCC(=O)Nc3c(C(C)C)cccc3C(C)C)oc2n1. The van der Waals surface area contributed by atoms with Crippen molar-refractivity contribution in [3.63, 3.8) is 0 Å². The van der Waals surface area contributed by atoms with Crippen LogP contribution in [0.25, 0.3) is 11.2 Å². The summed E-state index contributed by atoms with van der Waals surface area (Å²) in [6.07, 6.45) is 3.44.